The second-order valence-corrected chi connectivity index (χ2v) is 5.08. The van der Waals surface area contributed by atoms with E-state index >= 15 is 0 Å². The van der Waals surface area contributed by atoms with E-state index in [1.54, 1.807) is 0 Å². The lowest BCUT2D eigenvalue weighted by Crippen LogP contribution is -2.27. The Kier molecular flexibility index (Phi) is 4.53. The fourth-order valence-electron chi connectivity index (χ4n) is 1.09. The van der Waals surface area contributed by atoms with Crippen molar-refractivity contribution in [2.24, 2.45) is 5.14 Å². The van der Waals surface area contributed by atoms with Gasteiger partial charge in [-0.3, -0.25) is 4.79 Å². The number of hydrogen-bond acceptors (Lipinski definition) is 4. The number of nitrogens with two attached hydrogens (primary N) is 1. The smallest absolute Gasteiger partial charge is 0.252 e. The lowest BCUT2D eigenvalue weighted by molar-refractivity contribution is 0.0953. The Balaban J connectivity index is 2.38. The molecular formula is C9H12FN3O3S. The number of hydrogen-bond donors (Lipinski definition) is 2. The van der Waals surface area contributed by atoms with Gasteiger partial charge in [0.05, 0.1) is 11.3 Å². The molecule has 1 aromatic rings. The van der Waals surface area contributed by atoms with Gasteiger partial charge in [0.25, 0.3) is 5.91 Å². The molecule has 8 heteroatoms. The van der Waals surface area contributed by atoms with Gasteiger partial charge in [-0.25, -0.2) is 18.5 Å². The molecule has 0 bridgehead atoms. The fraction of sp³-hybridized carbons (Fsp3) is 0.333. The van der Waals surface area contributed by atoms with E-state index < -0.39 is 21.9 Å². The summed E-state index contributed by atoms with van der Waals surface area (Å²) in [6.07, 6.45) is 1.32. The largest absolute Gasteiger partial charge is 0.352 e. The summed E-state index contributed by atoms with van der Waals surface area (Å²) in [6.45, 7) is 0.173. The van der Waals surface area contributed by atoms with Crippen LogP contribution in [0.2, 0.25) is 0 Å². The van der Waals surface area contributed by atoms with E-state index in [-0.39, 0.29) is 24.3 Å². The van der Waals surface area contributed by atoms with Crippen LogP contribution >= 0.6 is 0 Å². The molecule has 0 unspecified atom stereocenters. The van der Waals surface area contributed by atoms with Crippen LogP contribution in [0.1, 0.15) is 16.8 Å². The highest BCUT2D eigenvalue weighted by Crippen LogP contribution is 1.98. The molecule has 0 saturated carbocycles. The molecule has 0 radical (unpaired) electrons. The molecule has 1 aromatic heterocycles. The van der Waals surface area contributed by atoms with Crippen molar-refractivity contribution < 1.29 is 17.6 Å². The first kappa shape index (κ1) is 13.5. The molecule has 0 aliphatic carbocycles. The van der Waals surface area contributed by atoms with Crippen molar-refractivity contribution in [3.63, 3.8) is 0 Å². The normalized spacial score (nSPS) is 11.2. The molecule has 0 atom stereocenters. The van der Waals surface area contributed by atoms with Crippen LogP contribution < -0.4 is 10.5 Å². The van der Waals surface area contributed by atoms with Gasteiger partial charge in [0, 0.05) is 12.7 Å². The van der Waals surface area contributed by atoms with E-state index in [0.717, 1.165) is 12.3 Å². The van der Waals surface area contributed by atoms with Crippen molar-refractivity contribution in [3.05, 3.63) is 29.8 Å². The summed E-state index contributed by atoms with van der Waals surface area (Å²) < 4.78 is 33.7. The molecule has 1 rings (SSSR count). The minimum Gasteiger partial charge on any atom is -0.352 e. The molecule has 0 aliphatic rings. The third kappa shape index (κ3) is 5.36. The Hall–Kier alpha value is -1.54. The third-order valence-electron chi connectivity index (χ3n) is 1.88. The van der Waals surface area contributed by atoms with Gasteiger partial charge in [0.15, 0.2) is 0 Å². The second-order valence-electron chi connectivity index (χ2n) is 3.35. The number of pyridine rings is 1. The van der Waals surface area contributed by atoms with Gasteiger partial charge in [0.2, 0.25) is 16.0 Å². The molecule has 0 fully saturated rings. The minimum atomic E-state index is -3.51. The maximum atomic E-state index is 12.5. The summed E-state index contributed by atoms with van der Waals surface area (Å²) in [7, 11) is -3.51. The first-order valence-corrected chi connectivity index (χ1v) is 6.50. The molecule has 1 heterocycles. The topological polar surface area (TPSA) is 102 Å². The van der Waals surface area contributed by atoms with Gasteiger partial charge >= 0.3 is 0 Å². The van der Waals surface area contributed by atoms with E-state index in [1.807, 2.05) is 0 Å². The van der Waals surface area contributed by atoms with E-state index in [4.69, 9.17) is 5.14 Å². The monoisotopic (exact) mass is 261 g/mol. The van der Waals surface area contributed by atoms with Gasteiger partial charge < -0.3 is 5.32 Å². The highest BCUT2D eigenvalue weighted by Gasteiger charge is 2.06. The fourth-order valence-corrected chi connectivity index (χ4v) is 1.63. The second kappa shape index (κ2) is 5.69. The average Bonchev–Trinajstić information content (AvgIpc) is 2.24. The van der Waals surface area contributed by atoms with Crippen LogP contribution in [0.15, 0.2) is 18.3 Å². The summed E-state index contributed by atoms with van der Waals surface area (Å²) in [5.74, 6) is -1.31. The molecule has 94 valence electrons. The van der Waals surface area contributed by atoms with E-state index in [0.29, 0.717) is 0 Å². The van der Waals surface area contributed by atoms with Crippen LogP contribution in [0, 0.1) is 5.95 Å². The molecule has 17 heavy (non-hydrogen) atoms. The zero-order chi connectivity index (χ0) is 12.9. The molecule has 0 saturated heterocycles. The number of aromatic nitrogens is 1. The molecule has 0 aliphatic heterocycles. The first-order chi connectivity index (χ1) is 7.88. The molecule has 6 nitrogen and oxygen atoms in total. The van der Waals surface area contributed by atoms with Gasteiger partial charge in [-0.15, -0.1) is 0 Å². The maximum absolute atomic E-state index is 12.5. The molecule has 3 N–H and O–H groups in total. The van der Waals surface area contributed by atoms with Crippen LogP contribution in [0.25, 0.3) is 0 Å². The van der Waals surface area contributed by atoms with Crippen molar-refractivity contribution in [1.29, 1.82) is 0 Å². The van der Waals surface area contributed by atoms with Gasteiger partial charge in [0.1, 0.15) is 0 Å². The van der Waals surface area contributed by atoms with Gasteiger partial charge in [-0.2, -0.15) is 4.39 Å². The maximum Gasteiger partial charge on any atom is 0.252 e. The highest BCUT2D eigenvalue weighted by molar-refractivity contribution is 7.89. The lowest BCUT2D eigenvalue weighted by atomic mass is 10.2. The Bertz CT molecular complexity index is 487. The summed E-state index contributed by atoms with van der Waals surface area (Å²) in [4.78, 5) is 14.8. The van der Waals surface area contributed by atoms with Crippen molar-refractivity contribution >= 4 is 15.9 Å². The van der Waals surface area contributed by atoms with Gasteiger partial charge in [-0.1, -0.05) is 0 Å². The quantitative estimate of drug-likeness (QED) is 0.557. The number of rotatable bonds is 5. The van der Waals surface area contributed by atoms with Crippen LogP contribution in [0.5, 0.6) is 0 Å². The zero-order valence-corrected chi connectivity index (χ0v) is 9.71. The molecule has 0 spiro atoms. The van der Waals surface area contributed by atoms with Crippen LogP contribution in [0.3, 0.4) is 0 Å². The third-order valence-corrected chi connectivity index (χ3v) is 2.74. The highest BCUT2D eigenvalue weighted by atomic mass is 32.2. The zero-order valence-electron chi connectivity index (χ0n) is 8.89. The van der Waals surface area contributed by atoms with E-state index in [2.05, 4.69) is 10.3 Å². The molecular weight excluding hydrogens is 249 g/mol. The summed E-state index contributed by atoms with van der Waals surface area (Å²) in [5.41, 5.74) is 0.210. The van der Waals surface area contributed by atoms with Gasteiger partial charge in [-0.05, 0) is 18.6 Å². The van der Waals surface area contributed by atoms with Crippen LogP contribution in [-0.4, -0.2) is 31.6 Å². The number of halogens is 1. The first-order valence-electron chi connectivity index (χ1n) is 4.79. The lowest BCUT2D eigenvalue weighted by Gasteiger charge is -2.04. The van der Waals surface area contributed by atoms with Crippen molar-refractivity contribution in [3.8, 4) is 0 Å². The Morgan fingerprint density at radius 2 is 2.18 bits per heavy atom. The minimum absolute atomic E-state index is 0.173. The van der Waals surface area contributed by atoms with Crippen LogP contribution in [0.4, 0.5) is 4.39 Å². The van der Waals surface area contributed by atoms with Crippen molar-refractivity contribution in [2.45, 2.75) is 6.42 Å². The average molecular weight is 261 g/mol. The number of primary sulfonamides is 1. The molecule has 0 aromatic carbocycles. The number of carbonyl (C=O) groups is 1. The SMILES string of the molecule is NS(=O)(=O)CCCNC(=O)c1ccc(F)nc1. The number of carbonyl (C=O) groups excluding carboxylic acids is 1. The Morgan fingerprint density at radius 1 is 1.47 bits per heavy atom. The van der Waals surface area contributed by atoms with E-state index in [1.165, 1.54) is 6.07 Å². The van der Waals surface area contributed by atoms with Crippen molar-refractivity contribution in [1.82, 2.24) is 10.3 Å². The Morgan fingerprint density at radius 3 is 2.71 bits per heavy atom. The van der Waals surface area contributed by atoms with Crippen LogP contribution in [-0.2, 0) is 10.0 Å². The number of nitrogens with zero attached hydrogens (tertiary/aromatic N) is 1. The number of nitrogens with one attached hydrogen (secondary N) is 1. The standard InChI is InChI=1S/C9H12FN3O3S/c10-8-3-2-7(6-13-8)9(14)12-4-1-5-17(11,15)16/h2-3,6H,1,4-5H2,(H,12,14)(H2,11,15,16). The number of sulfonamides is 1. The Labute approximate surface area is 98.1 Å². The predicted molar refractivity (Wildman–Crippen MR) is 59.1 cm³/mol. The van der Waals surface area contributed by atoms with Crippen molar-refractivity contribution in [2.75, 3.05) is 12.3 Å². The molecule has 1 amide bonds. The summed E-state index contributed by atoms with van der Waals surface area (Å²) in [6, 6.07) is 2.36. The number of amides is 1. The summed E-state index contributed by atoms with van der Waals surface area (Å²) in [5, 5.41) is 7.26. The predicted octanol–water partition coefficient (Wildman–Crippen LogP) is -0.371. The van der Waals surface area contributed by atoms with E-state index in [9.17, 15) is 17.6 Å². The summed E-state index contributed by atoms with van der Waals surface area (Å²) >= 11 is 0.